The molecule has 0 aromatic carbocycles. The third-order valence-electron chi connectivity index (χ3n) is 3.59. The largest absolute Gasteiger partial charge is 0.350 e. The van der Waals surface area contributed by atoms with Gasteiger partial charge in [0, 0.05) is 25.2 Å². The Hall–Kier alpha value is -1.85. The van der Waals surface area contributed by atoms with Crippen LogP contribution in [-0.4, -0.2) is 45.6 Å². The lowest BCUT2D eigenvalue weighted by Crippen LogP contribution is -2.61. The SMILES string of the molecule is Cc1cnn(CC(=O)N2CC(NC(=O)C3CC3)C2)c1. The van der Waals surface area contributed by atoms with Crippen LogP contribution < -0.4 is 5.32 Å². The number of carbonyl (C=O) groups excluding carboxylic acids is 2. The van der Waals surface area contributed by atoms with Gasteiger partial charge in [-0.25, -0.2) is 0 Å². The maximum Gasteiger partial charge on any atom is 0.244 e. The molecule has 0 atom stereocenters. The van der Waals surface area contributed by atoms with Crippen LogP contribution in [0, 0.1) is 12.8 Å². The Bertz CT molecular complexity index is 500. The minimum Gasteiger partial charge on any atom is -0.350 e. The van der Waals surface area contributed by atoms with Crippen molar-refractivity contribution in [2.45, 2.75) is 32.4 Å². The van der Waals surface area contributed by atoms with Crippen LogP contribution in [-0.2, 0) is 16.1 Å². The molecule has 1 saturated carbocycles. The number of carbonyl (C=O) groups is 2. The maximum absolute atomic E-state index is 11.9. The van der Waals surface area contributed by atoms with E-state index in [0.29, 0.717) is 13.1 Å². The minimum atomic E-state index is 0.0556. The van der Waals surface area contributed by atoms with Crippen LogP contribution in [0.3, 0.4) is 0 Å². The van der Waals surface area contributed by atoms with E-state index < -0.39 is 0 Å². The lowest BCUT2D eigenvalue weighted by molar-refractivity contribution is -0.139. The molecule has 1 aliphatic heterocycles. The van der Waals surface area contributed by atoms with E-state index in [-0.39, 0.29) is 30.3 Å². The van der Waals surface area contributed by atoms with Crippen molar-refractivity contribution in [3.8, 4) is 0 Å². The molecule has 1 saturated heterocycles. The zero-order valence-electron chi connectivity index (χ0n) is 11.0. The van der Waals surface area contributed by atoms with Gasteiger partial charge in [0.1, 0.15) is 6.54 Å². The van der Waals surface area contributed by atoms with Crippen LogP contribution >= 0.6 is 0 Å². The van der Waals surface area contributed by atoms with Gasteiger partial charge >= 0.3 is 0 Å². The number of nitrogens with zero attached hydrogens (tertiary/aromatic N) is 3. The summed E-state index contributed by atoms with van der Waals surface area (Å²) in [6.07, 6.45) is 5.62. The summed E-state index contributed by atoms with van der Waals surface area (Å²) in [5, 5.41) is 7.07. The smallest absolute Gasteiger partial charge is 0.244 e. The molecule has 102 valence electrons. The third-order valence-corrected chi connectivity index (χ3v) is 3.59. The van der Waals surface area contributed by atoms with Gasteiger partial charge in [-0.05, 0) is 25.3 Å². The average molecular weight is 262 g/mol. The number of hydrogen-bond acceptors (Lipinski definition) is 3. The van der Waals surface area contributed by atoms with E-state index in [0.717, 1.165) is 18.4 Å². The van der Waals surface area contributed by atoms with Gasteiger partial charge < -0.3 is 10.2 Å². The molecule has 0 unspecified atom stereocenters. The number of hydrogen-bond donors (Lipinski definition) is 1. The van der Waals surface area contributed by atoms with Crippen LogP contribution in [0.5, 0.6) is 0 Å². The predicted molar refractivity (Wildman–Crippen MR) is 68.2 cm³/mol. The molecule has 0 radical (unpaired) electrons. The molecule has 2 heterocycles. The Kier molecular flexibility index (Phi) is 3.00. The fraction of sp³-hybridized carbons (Fsp3) is 0.615. The van der Waals surface area contributed by atoms with E-state index >= 15 is 0 Å². The summed E-state index contributed by atoms with van der Waals surface area (Å²) in [5.74, 6) is 0.441. The second-order valence-corrected chi connectivity index (χ2v) is 5.49. The highest BCUT2D eigenvalue weighted by Crippen LogP contribution is 2.29. The van der Waals surface area contributed by atoms with Crippen LogP contribution in [0.15, 0.2) is 12.4 Å². The van der Waals surface area contributed by atoms with Gasteiger partial charge in [-0.3, -0.25) is 14.3 Å². The first-order valence-electron chi connectivity index (χ1n) is 6.69. The van der Waals surface area contributed by atoms with Crippen molar-refractivity contribution in [1.29, 1.82) is 0 Å². The lowest BCUT2D eigenvalue weighted by Gasteiger charge is -2.39. The Labute approximate surface area is 111 Å². The van der Waals surface area contributed by atoms with Crippen LogP contribution in [0.4, 0.5) is 0 Å². The third kappa shape index (κ3) is 2.77. The maximum atomic E-state index is 11.9. The first-order valence-corrected chi connectivity index (χ1v) is 6.69. The molecular formula is C13H18N4O2. The second kappa shape index (κ2) is 4.68. The minimum absolute atomic E-state index is 0.0556. The fourth-order valence-corrected chi connectivity index (χ4v) is 2.23. The van der Waals surface area contributed by atoms with Crippen molar-refractivity contribution in [1.82, 2.24) is 20.0 Å². The zero-order chi connectivity index (χ0) is 13.4. The first kappa shape index (κ1) is 12.2. The highest BCUT2D eigenvalue weighted by atomic mass is 16.2. The van der Waals surface area contributed by atoms with E-state index in [1.807, 2.05) is 13.1 Å². The topological polar surface area (TPSA) is 67.2 Å². The molecule has 0 spiro atoms. The molecule has 2 amide bonds. The number of aryl methyl sites for hydroxylation is 1. The van der Waals surface area contributed by atoms with Crippen LogP contribution in [0.25, 0.3) is 0 Å². The molecule has 2 fully saturated rings. The van der Waals surface area contributed by atoms with Crippen LogP contribution in [0.1, 0.15) is 18.4 Å². The normalized spacial score (nSPS) is 19.1. The molecule has 3 rings (SSSR count). The van der Waals surface area contributed by atoms with Crippen molar-refractivity contribution in [3.05, 3.63) is 18.0 Å². The van der Waals surface area contributed by atoms with E-state index in [2.05, 4.69) is 10.4 Å². The highest BCUT2D eigenvalue weighted by molar-refractivity contribution is 5.82. The van der Waals surface area contributed by atoms with Gasteiger partial charge in [0.05, 0.1) is 12.2 Å². The van der Waals surface area contributed by atoms with Crippen molar-refractivity contribution in [2.24, 2.45) is 5.92 Å². The Morgan fingerprint density at radius 2 is 2.16 bits per heavy atom. The summed E-state index contributed by atoms with van der Waals surface area (Å²) in [7, 11) is 0. The van der Waals surface area contributed by atoms with Gasteiger partial charge in [0.25, 0.3) is 0 Å². The van der Waals surface area contributed by atoms with Crippen molar-refractivity contribution in [2.75, 3.05) is 13.1 Å². The summed E-state index contributed by atoms with van der Waals surface area (Å²) in [4.78, 5) is 25.2. The molecule has 19 heavy (non-hydrogen) atoms. The Balaban J connectivity index is 1.42. The summed E-state index contributed by atoms with van der Waals surface area (Å²) in [6.45, 7) is 3.47. The molecule has 6 nitrogen and oxygen atoms in total. The van der Waals surface area contributed by atoms with Gasteiger partial charge in [0.15, 0.2) is 0 Å². The summed E-state index contributed by atoms with van der Waals surface area (Å²) < 4.78 is 1.65. The molecule has 1 aliphatic carbocycles. The van der Waals surface area contributed by atoms with Gasteiger partial charge in [0.2, 0.25) is 11.8 Å². The fourth-order valence-electron chi connectivity index (χ4n) is 2.23. The summed E-state index contributed by atoms with van der Waals surface area (Å²) in [5.41, 5.74) is 1.05. The molecule has 6 heteroatoms. The monoisotopic (exact) mass is 262 g/mol. The standard InChI is InChI=1S/C13H18N4O2/c1-9-4-14-17(5-9)8-12(18)16-6-11(7-16)15-13(19)10-2-3-10/h4-5,10-11H,2-3,6-8H2,1H3,(H,15,19). The van der Waals surface area contributed by atoms with Crippen LogP contribution in [0.2, 0.25) is 0 Å². The van der Waals surface area contributed by atoms with Gasteiger partial charge in [-0.1, -0.05) is 0 Å². The quantitative estimate of drug-likeness (QED) is 0.826. The summed E-state index contributed by atoms with van der Waals surface area (Å²) in [6, 6.07) is 0.136. The number of rotatable bonds is 4. The molecule has 1 N–H and O–H groups in total. The Morgan fingerprint density at radius 3 is 2.74 bits per heavy atom. The molecule has 2 aliphatic rings. The summed E-state index contributed by atoms with van der Waals surface area (Å²) >= 11 is 0. The highest BCUT2D eigenvalue weighted by Gasteiger charge is 2.36. The molecular weight excluding hydrogens is 244 g/mol. The number of likely N-dealkylation sites (tertiary alicyclic amines) is 1. The van der Waals surface area contributed by atoms with Crippen molar-refractivity contribution >= 4 is 11.8 Å². The number of nitrogens with one attached hydrogen (secondary N) is 1. The first-order chi connectivity index (χ1) is 9.11. The van der Waals surface area contributed by atoms with Gasteiger partial charge in [-0.15, -0.1) is 0 Å². The molecule has 1 aromatic rings. The van der Waals surface area contributed by atoms with Crippen molar-refractivity contribution < 1.29 is 9.59 Å². The second-order valence-electron chi connectivity index (χ2n) is 5.49. The van der Waals surface area contributed by atoms with Crippen molar-refractivity contribution in [3.63, 3.8) is 0 Å². The molecule has 1 aromatic heterocycles. The number of aromatic nitrogens is 2. The number of amides is 2. The van der Waals surface area contributed by atoms with E-state index in [9.17, 15) is 9.59 Å². The van der Waals surface area contributed by atoms with E-state index in [1.165, 1.54) is 0 Å². The van der Waals surface area contributed by atoms with E-state index in [4.69, 9.17) is 0 Å². The Morgan fingerprint density at radius 1 is 1.42 bits per heavy atom. The zero-order valence-corrected chi connectivity index (χ0v) is 11.0. The lowest BCUT2D eigenvalue weighted by atomic mass is 10.1. The van der Waals surface area contributed by atoms with E-state index in [1.54, 1.807) is 15.8 Å². The average Bonchev–Trinajstić information content (AvgIpc) is 3.08. The molecule has 0 bridgehead atoms. The van der Waals surface area contributed by atoms with Gasteiger partial charge in [-0.2, -0.15) is 5.10 Å². The predicted octanol–water partition coefficient (Wildman–Crippen LogP) is -0.0715.